The van der Waals surface area contributed by atoms with Crippen molar-refractivity contribution in [3.05, 3.63) is 47.3 Å². The van der Waals surface area contributed by atoms with Crippen LogP contribution in [0.15, 0.2) is 30.3 Å². The van der Waals surface area contributed by atoms with E-state index in [2.05, 4.69) is 18.4 Å². The van der Waals surface area contributed by atoms with E-state index in [1.807, 2.05) is 32.0 Å². The van der Waals surface area contributed by atoms with Crippen LogP contribution in [0.5, 0.6) is 11.5 Å². The highest BCUT2D eigenvalue weighted by molar-refractivity contribution is 5.98. The van der Waals surface area contributed by atoms with Crippen LogP contribution in [0.1, 0.15) is 42.0 Å². The van der Waals surface area contributed by atoms with Crippen molar-refractivity contribution >= 4 is 5.78 Å². The zero-order valence-electron chi connectivity index (χ0n) is 16.1. The molecule has 0 aliphatic heterocycles. The summed E-state index contributed by atoms with van der Waals surface area (Å²) in [5.74, 6) is 1.60. The number of benzene rings is 1. The number of aliphatic hydroxyl groups is 1. The highest BCUT2D eigenvalue weighted by atomic mass is 16.5. The predicted molar refractivity (Wildman–Crippen MR) is 102 cm³/mol. The quantitative estimate of drug-likeness (QED) is 0.656. The average Bonchev–Trinajstić information content (AvgIpc) is 2.90. The summed E-state index contributed by atoms with van der Waals surface area (Å²) in [6.45, 7) is 9.40. The first-order valence-electron chi connectivity index (χ1n) is 9.09. The summed E-state index contributed by atoms with van der Waals surface area (Å²) in [5.41, 5.74) is 2.79. The van der Waals surface area contributed by atoms with Gasteiger partial charge < -0.3 is 19.1 Å². The van der Waals surface area contributed by atoms with Gasteiger partial charge in [-0.2, -0.15) is 0 Å². The Labute approximate surface area is 155 Å². The Morgan fingerprint density at radius 1 is 1.15 bits per heavy atom. The van der Waals surface area contributed by atoms with Gasteiger partial charge >= 0.3 is 0 Å². The fourth-order valence-corrected chi connectivity index (χ4v) is 2.88. The number of aliphatic hydroxyl groups excluding tert-OH is 1. The maximum atomic E-state index is 12.6. The zero-order valence-corrected chi connectivity index (χ0v) is 16.1. The van der Waals surface area contributed by atoms with Crippen molar-refractivity contribution in [3.8, 4) is 11.5 Å². The van der Waals surface area contributed by atoms with Crippen LogP contribution in [-0.4, -0.2) is 35.3 Å². The number of aryl methyl sites for hydroxylation is 1. The smallest absolute Gasteiger partial charge is 0.202 e. The van der Waals surface area contributed by atoms with Gasteiger partial charge in [-0.05, 0) is 44.4 Å². The Morgan fingerprint density at radius 3 is 2.42 bits per heavy atom. The summed E-state index contributed by atoms with van der Waals surface area (Å²) in [5, 5.41) is 8.90. The van der Waals surface area contributed by atoms with E-state index >= 15 is 0 Å². The second-order valence-electron chi connectivity index (χ2n) is 6.85. The topological polar surface area (TPSA) is 60.7 Å². The van der Waals surface area contributed by atoms with Gasteiger partial charge in [-0.3, -0.25) is 4.79 Å². The number of carbonyl (C=O) groups excluding carboxylic acids is 1. The zero-order chi connectivity index (χ0) is 19.1. The molecule has 0 saturated carbocycles. The van der Waals surface area contributed by atoms with Crippen LogP contribution in [0.25, 0.3) is 0 Å². The highest BCUT2D eigenvalue weighted by Crippen LogP contribution is 2.27. The Balaban J connectivity index is 2.06. The van der Waals surface area contributed by atoms with Gasteiger partial charge in [0.25, 0.3) is 0 Å². The molecule has 0 amide bonds. The lowest BCUT2D eigenvalue weighted by Gasteiger charge is -2.12. The van der Waals surface area contributed by atoms with Crippen molar-refractivity contribution < 1.29 is 19.4 Å². The van der Waals surface area contributed by atoms with Gasteiger partial charge in [-0.15, -0.1) is 0 Å². The predicted octanol–water partition coefficient (Wildman–Crippen LogP) is 3.78. The molecule has 0 bridgehead atoms. The third kappa shape index (κ3) is 5.11. The number of aromatic nitrogens is 1. The van der Waals surface area contributed by atoms with Gasteiger partial charge in [0, 0.05) is 23.5 Å². The summed E-state index contributed by atoms with van der Waals surface area (Å²) in [7, 11) is 0. The van der Waals surface area contributed by atoms with Crippen LogP contribution in [0, 0.1) is 19.8 Å². The standard InChI is InChI=1S/C21H29NO4/c1-15(2)9-10-22-16(3)13-18(17(22)4)19(24)14-26-21-8-6-5-7-20(21)25-12-11-23/h5-8,13,15,23H,9-12,14H2,1-4H3. The second-order valence-corrected chi connectivity index (χ2v) is 6.85. The summed E-state index contributed by atoms with van der Waals surface area (Å²) >= 11 is 0. The van der Waals surface area contributed by atoms with Gasteiger partial charge in [-0.25, -0.2) is 0 Å². The molecule has 1 aromatic carbocycles. The van der Waals surface area contributed by atoms with Gasteiger partial charge in [0.1, 0.15) is 6.61 Å². The Morgan fingerprint density at radius 2 is 1.81 bits per heavy atom. The first kappa shape index (κ1) is 20.0. The van der Waals surface area contributed by atoms with Crippen LogP contribution >= 0.6 is 0 Å². The van der Waals surface area contributed by atoms with Gasteiger partial charge in [-0.1, -0.05) is 26.0 Å². The van der Waals surface area contributed by atoms with E-state index in [0.717, 1.165) is 24.4 Å². The van der Waals surface area contributed by atoms with Crippen molar-refractivity contribution in [2.24, 2.45) is 5.92 Å². The largest absolute Gasteiger partial charge is 0.487 e. The van der Waals surface area contributed by atoms with Crippen molar-refractivity contribution in [3.63, 3.8) is 0 Å². The molecule has 1 N–H and O–H groups in total. The molecule has 0 aliphatic carbocycles. The molecule has 0 spiro atoms. The molecule has 5 heteroatoms. The van der Waals surface area contributed by atoms with Gasteiger partial charge in [0.2, 0.25) is 5.78 Å². The van der Waals surface area contributed by atoms with Gasteiger partial charge in [0.05, 0.1) is 6.61 Å². The van der Waals surface area contributed by atoms with E-state index in [0.29, 0.717) is 23.0 Å². The van der Waals surface area contributed by atoms with E-state index in [9.17, 15) is 4.79 Å². The maximum absolute atomic E-state index is 12.6. The third-order valence-electron chi connectivity index (χ3n) is 4.36. The normalized spacial score (nSPS) is 11.0. The summed E-state index contributed by atoms with van der Waals surface area (Å²) in [6.07, 6.45) is 1.08. The van der Waals surface area contributed by atoms with E-state index in [4.69, 9.17) is 14.6 Å². The SMILES string of the molecule is Cc1cc(C(=O)COc2ccccc2OCCO)c(C)n1CCC(C)C. The van der Waals surface area contributed by atoms with E-state index in [1.54, 1.807) is 12.1 Å². The summed E-state index contributed by atoms with van der Waals surface area (Å²) in [6, 6.07) is 9.10. The number of hydrogen-bond acceptors (Lipinski definition) is 4. The number of rotatable bonds is 10. The van der Waals surface area contributed by atoms with E-state index in [1.165, 1.54) is 0 Å². The van der Waals surface area contributed by atoms with Crippen molar-refractivity contribution in [1.29, 1.82) is 0 Å². The van der Waals surface area contributed by atoms with Gasteiger partial charge in [0.15, 0.2) is 18.1 Å². The number of nitrogens with zero attached hydrogens (tertiary/aromatic N) is 1. The minimum absolute atomic E-state index is 0.0476. The molecule has 1 aromatic heterocycles. The van der Waals surface area contributed by atoms with Crippen LogP contribution < -0.4 is 9.47 Å². The third-order valence-corrected chi connectivity index (χ3v) is 4.36. The molecule has 0 unspecified atom stereocenters. The number of para-hydroxylation sites is 2. The van der Waals surface area contributed by atoms with Crippen LogP contribution in [-0.2, 0) is 6.54 Å². The molecule has 5 nitrogen and oxygen atoms in total. The first-order valence-corrected chi connectivity index (χ1v) is 9.09. The Kier molecular flexibility index (Phi) is 7.27. The van der Waals surface area contributed by atoms with Crippen LogP contribution in [0.3, 0.4) is 0 Å². The number of ether oxygens (including phenoxy) is 2. The molecule has 142 valence electrons. The van der Waals surface area contributed by atoms with E-state index < -0.39 is 0 Å². The highest BCUT2D eigenvalue weighted by Gasteiger charge is 2.17. The number of carbonyl (C=O) groups is 1. The molecule has 2 aromatic rings. The second kappa shape index (κ2) is 9.43. The lowest BCUT2D eigenvalue weighted by atomic mass is 10.1. The lowest BCUT2D eigenvalue weighted by Crippen LogP contribution is -2.14. The monoisotopic (exact) mass is 359 g/mol. The first-order chi connectivity index (χ1) is 12.4. The maximum Gasteiger partial charge on any atom is 0.202 e. The minimum atomic E-state index is -0.0738. The molecule has 2 rings (SSSR count). The van der Waals surface area contributed by atoms with Crippen molar-refractivity contribution in [2.75, 3.05) is 19.8 Å². The molecular weight excluding hydrogens is 330 g/mol. The number of ketones is 1. The Bertz CT molecular complexity index is 734. The summed E-state index contributed by atoms with van der Waals surface area (Å²) < 4.78 is 13.3. The minimum Gasteiger partial charge on any atom is -0.487 e. The average molecular weight is 359 g/mol. The van der Waals surface area contributed by atoms with E-state index in [-0.39, 0.29) is 25.6 Å². The molecular formula is C21H29NO4. The molecule has 1 heterocycles. The molecule has 0 radical (unpaired) electrons. The molecule has 0 fully saturated rings. The molecule has 0 aliphatic rings. The molecule has 0 atom stereocenters. The number of Topliss-reactive ketones (excluding diaryl/α,β-unsaturated/α-hetero) is 1. The summed E-state index contributed by atoms with van der Waals surface area (Å²) in [4.78, 5) is 12.6. The molecule has 0 saturated heterocycles. The molecule has 26 heavy (non-hydrogen) atoms. The lowest BCUT2D eigenvalue weighted by molar-refractivity contribution is 0.0917. The number of hydrogen-bond donors (Lipinski definition) is 1. The van der Waals surface area contributed by atoms with Crippen molar-refractivity contribution in [2.45, 2.75) is 40.7 Å². The van der Waals surface area contributed by atoms with Crippen LogP contribution in [0.2, 0.25) is 0 Å². The Hall–Kier alpha value is -2.27. The fourth-order valence-electron chi connectivity index (χ4n) is 2.88. The van der Waals surface area contributed by atoms with Crippen LogP contribution in [0.4, 0.5) is 0 Å². The van der Waals surface area contributed by atoms with Crippen molar-refractivity contribution in [1.82, 2.24) is 4.57 Å². The fraction of sp³-hybridized carbons (Fsp3) is 0.476.